The average molecular weight is 292 g/mol. The Labute approximate surface area is 130 Å². The molecule has 0 heterocycles. The van der Waals surface area contributed by atoms with Crippen LogP contribution in [-0.4, -0.2) is 42.8 Å². The molecule has 1 aromatic rings. The van der Waals surface area contributed by atoms with E-state index in [2.05, 4.69) is 54.4 Å². The molecular formula is C18H32N2O. The number of hydrogen-bond donors (Lipinski definition) is 2. The van der Waals surface area contributed by atoms with Gasteiger partial charge in [-0.15, -0.1) is 0 Å². The summed E-state index contributed by atoms with van der Waals surface area (Å²) in [7, 11) is 0. The lowest BCUT2D eigenvalue weighted by molar-refractivity contribution is 0.187. The van der Waals surface area contributed by atoms with E-state index < -0.39 is 0 Å². The van der Waals surface area contributed by atoms with Gasteiger partial charge in [0.15, 0.2) is 0 Å². The number of benzene rings is 1. The van der Waals surface area contributed by atoms with Crippen LogP contribution in [0, 0.1) is 0 Å². The molecule has 21 heavy (non-hydrogen) atoms. The molecule has 0 fully saturated rings. The van der Waals surface area contributed by atoms with Crippen molar-refractivity contribution in [2.75, 3.05) is 32.8 Å². The molecule has 0 aliphatic heterocycles. The number of nitrogens with one attached hydrogen (secondary N) is 1. The third-order valence-corrected chi connectivity index (χ3v) is 3.82. The van der Waals surface area contributed by atoms with Crippen LogP contribution in [0.5, 0.6) is 0 Å². The van der Waals surface area contributed by atoms with Crippen LogP contribution >= 0.6 is 0 Å². The van der Waals surface area contributed by atoms with Crippen LogP contribution in [-0.2, 0) is 0 Å². The number of nitrogens with zero attached hydrogens (tertiary/aromatic N) is 1. The van der Waals surface area contributed by atoms with Crippen LogP contribution in [0.3, 0.4) is 0 Å². The predicted octanol–water partition coefficient (Wildman–Crippen LogP) is 3.21. The third kappa shape index (κ3) is 7.60. The molecule has 1 rings (SSSR count). The van der Waals surface area contributed by atoms with Crippen molar-refractivity contribution in [3.63, 3.8) is 0 Å². The monoisotopic (exact) mass is 292 g/mol. The molecule has 0 spiro atoms. The van der Waals surface area contributed by atoms with E-state index in [1.165, 1.54) is 18.4 Å². The van der Waals surface area contributed by atoms with Gasteiger partial charge in [0.25, 0.3) is 0 Å². The zero-order valence-corrected chi connectivity index (χ0v) is 13.7. The van der Waals surface area contributed by atoms with Gasteiger partial charge in [-0.3, -0.25) is 0 Å². The molecule has 1 atom stereocenters. The molecule has 0 aliphatic carbocycles. The molecule has 120 valence electrons. The van der Waals surface area contributed by atoms with E-state index in [-0.39, 0.29) is 6.61 Å². The number of rotatable bonds is 12. The summed E-state index contributed by atoms with van der Waals surface area (Å²) in [6.07, 6.45) is 4.66. The maximum absolute atomic E-state index is 9.20. The molecular weight excluding hydrogens is 260 g/mol. The lowest BCUT2D eigenvalue weighted by Crippen LogP contribution is -2.32. The van der Waals surface area contributed by atoms with Crippen LogP contribution in [0.15, 0.2) is 30.3 Å². The van der Waals surface area contributed by atoms with Gasteiger partial charge < -0.3 is 15.3 Å². The van der Waals surface area contributed by atoms with Crippen molar-refractivity contribution in [2.24, 2.45) is 0 Å². The van der Waals surface area contributed by atoms with Crippen molar-refractivity contribution in [3.05, 3.63) is 35.9 Å². The van der Waals surface area contributed by atoms with E-state index in [9.17, 15) is 5.11 Å². The number of aliphatic hydroxyl groups excluding tert-OH is 1. The summed E-state index contributed by atoms with van der Waals surface area (Å²) in [5.41, 5.74) is 1.37. The summed E-state index contributed by atoms with van der Waals surface area (Å²) in [6, 6.07) is 11.1. The minimum absolute atomic E-state index is 0.252. The first-order valence-electron chi connectivity index (χ1n) is 8.43. The van der Waals surface area contributed by atoms with E-state index in [0.29, 0.717) is 6.04 Å². The molecule has 0 radical (unpaired) electrons. The second-order valence-electron chi connectivity index (χ2n) is 5.62. The molecule has 1 unspecified atom stereocenters. The number of aliphatic hydroxyl groups is 1. The van der Waals surface area contributed by atoms with Gasteiger partial charge in [0.05, 0.1) is 6.61 Å². The largest absolute Gasteiger partial charge is 0.395 e. The van der Waals surface area contributed by atoms with E-state index in [4.69, 9.17) is 0 Å². The Bertz CT molecular complexity index is 342. The molecule has 3 nitrogen and oxygen atoms in total. The van der Waals surface area contributed by atoms with Gasteiger partial charge in [0.1, 0.15) is 0 Å². The smallest absolute Gasteiger partial charge is 0.0558 e. The first-order valence-corrected chi connectivity index (χ1v) is 8.43. The lowest BCUT2D eigenvalue weighted by Gasteiger charge is -2.25. The molecule has 0 aromatic heterocycles. The highest BCUT2D eigenvalue weighted by atomic mass is 16.3. The van der Waals surface area contributed by atoms with Gasteiger partial charge in [0.2, 0.25) is 0 Å². The maximum atomic E-state index is 9.20. The normalized spacial score (nSPS) is 12.8. The lowest BCUT2D eigenvalue weighted by atomic mass is 10.0. The molecule has 2 N–H and O–H groups in total. The summed E-state index contributed by atoms with van der Waals surface area (Å²) in [5.74, 6) is 0. The van der Waals surface area contributed by atoms with Gasteiger partial charge in [0, 0.05) is 19.1 Å². The van der Waals surface area contributed by atoms with Gasteiger partial charge >= 0.3 is 0 Å². The van der Waals surface area contributed by atoms with Gasteiger partial charge in [-0.1, -0.05) is 50.6 Å². The van der Waals surface area contributed by atoms with Crippen molar-refractivity contribution in [3.8, 4) is 0 Å². The SMILES string of the molecule is CCCCN(CCO)CCC(NCCC)c1ccccc1. The number of unbranched alkanes of at least 4 members (excludes halogenated alkanes) is 1. The van der Waals surface area contributed by atoms with E-state index in [1.54, 1.807) is 0 Å². The second-order valence-corrected chi connectivity index (χ2v) is 5.62. The second kappa shape index (κ2) is 11.7. The molecule has 3 heteroatoms. The fraction of sp³-hybridized carbons (Fsp3) is 0.667. The van der Waals surface area contributed by atoms with Crippen LogP contribution in [0.2, 0.25) is 0 Å². The minimum Gasteiger partial charge on any atom is -0.395 e. The number of hydrogen-bond acceptors (Lipinski definition) is 3. The van der Waals surface area contributed by atoms with Gasteiger partial charge in [-0.05, 0) is 37.9 Å². The predicted molar refractivity (Wildman–Crippen MR) is 90.5 cm³/mol. The summed E-state index contributed by atoms with van der Waals surface area (Å²) < 4.78 is 0. The molecule has 0 saturated heterocycles. The summed E-state index contributed by atoms with van der Waals surface area (Å²) in [4.78, 5) is 2.38. The fourth-order valence-corrected chi connectivity index (χ4v) is 2.56. The Morgan fingerprint density at radius 1 is 1.05 bits per heavy atom. The zero-order chi connectivity index (χ0) is 15.3. The van der Waals surface area contributed by atoms with E-state index >= 15 is 0 Å². The average Bonchev–Trinajstić information content (AvgIpc) is 2.53. The van der Waals surface area contributed by atoms with Crippen molar-refractivity contribution in [2.45, 2.75) is 45.6 Å². The Kier molecular flexibility index (Phi) is 10.1. The third-order valence-electron chi connectivity index (χ3n) is 3.82. The Hall–Kier alpha value is -0.900. The topological polar surface area (TPSA) is 35.5 Å². The fourth-order valence-electron chi connectivity index (χ4n) is 2.56. The summed E-state index contributed by atoms with van der Waals surface area (Å²) in [5, 5.41) is 12.9. The van der Waals surface area contributed by atoms with Gasteiger partial charge in [-0.2, -0.15) is 0 Å². The van der Waals surface area contributed by atoms with E-state index in [1.807, 2.05) is 0 Å². The van der Waals surface area contributed by atoms with E-state index in [0.717, 1.165) is 39.0 Å². The molecule has 0 amide bonds. The Morgan fingerprint density at radius 2 is 1.81 bits per heavy atom. The first kappa shape index (κ1) is 18.1. The molecule has 0 bridgehead atoms. The van der Waals surface area contributed by atoms with Crippen molar-refractivity contribution in [1.29, 1.82) is 0 Å². The van der Waals surface area contributed by atoms with Crippen molar-refractivity contribution >= 4 is 0 Å². The summed E-state index contributed by atoms with van der Waals surface area (Å²) in [6.45, 7) is 8.64. The standard InChI is InChI=1S/C18H32N2O/c1-3-5-13-20(15-16-21)14-11-18(19-12-4-2)17-9-7-6-8-10-17/h6-10,18-19,21H,3-5,11-16H2,1-2H3. The minimum atomic E-state index is 0.252. The highest BCUT2D eigenvalue weighted by molar-refractivity contribution is 5.18. The van der Waals surface area contributed by atoms with Gasteiger partial charge in [-0.25, -0.2) is 0 Å². The van der Waals surface area contributed by atoms with Crippen molar-refractivity contribution in [1.82, 2.24) is 10.2 Å². The van der Waals surface area contributed by atoms with Crippen molar-refractivity contribution < 1.29 is 5.11 Å². The first-order chi connectivity index (χ1) is 10.3. The molecule has 0 aliphatic rings. The Morgan fingerprint density at radius 3 is 2.43 bits per heavy atom. The summed E-state index contributed by atoms with van der Waals surface area (Å²) >= 11 is 0. The van der Waals surface area contributed by atoms with Crippen LogP contribution in [0.4, 0.5) is 0 Å². The molecule has 1 aromatic carbocycles. The van der Waals surface area contributed by atoms with Crippen LogP contribution < -0.4 is 5.32 Å². The van der Waals surface area contributed by atoms with Crippen LogP contribution in [0.1, 0.15) is 51.1 Å². The highest BCUT2D eigenvalue weighted by Gasteiger charge is 2.12. The van der Waals surface area contributed by atoms with Crippen LogP contribution in [0.25, 0.3) is 0 Å². The maximum Gasteiger partial charge on any atom is 0.0558 e. The Balaban J connectivity index is 2.54. The zero-order valence-electron chi connectivity index (χ0n) is 13.7. The molecule has 0 saturated carbocycles. The quantitative estimate of drug-likeness (QED) is 0.621. The highest BCUT2D eigenvalue weighted by Crippen LogP contribution is 2.17.